The number of hydrogen-bond acceptors (Lipinski definition) is 0. The van der Waals surface area contributed by atoms with Crippen molar-refractivity contribution in [2.45, 2.75) is 34.0 Å². The highest BCUT2D eigenvalue weighted by molar-refractivity contribution is 14.1. The molecular weight excluding hydrogens is 350 g/mol. The Kier molecular flexibility index (Phi) is 7.71. The van der Waals surface area contributed by atoms with Crippen LogP contribution in [0.4, 0.5) is 0 Å². The Morgan fingerprint density at radius 3 is 2.50 bits per heavy atom. The average Bonchev–Trinajstić information content (AvgIpc) is 1.98. The molecule has 0 amide bonds. The Labute approximate surface area is 91.1 Å². The van der Waals surface area contributed by atoms with Crippen molar-refractivity contribution in [2.24, 2.45) is 0 Å². The molecule has 0 bridgehead atoms. The fraction of sp³-hybridized carbons (Fsp3) is 0.750. The highest BCUT2D eigenvalue weighted by atomic mass is 127. The first-order chi connectivity index (χ1) is 4.72. The van der Waals surface area contributed by atoms with Gasteiger partial charge in [0, 0.05) is 7.85 Å². The minimum atomic E-state index is 0.643. The summed E-state index contributed by atoms with van der Waals surface area (Å²) >= 11 is 4.96. The normalized spacial score (nSPS) is 16.3. The smallest absolute Gasteiger partial charge is 0.0404 e. The minimum Gasteiger partial charge on any atom is -0.102 e. The van der Waals surface area contributed by atoms with Crippen LogP contribution < -0.4 is 0 Å². The van der Waals surface area contributed by atoms with Crippen LogP contribution in [-0.2, 0) is 0 Å². The molecule has 0 aliphatic heterocycles. The van der Waals surface area contributed by atoms with Crippen LogP contribution in [-0.4, -0.2) is 7.85 Å². The van der Waals surface area contributed by atoms with Gasteiger partial charge in [-0.1, -0.05) is 71.0 Å². The molecule has 0 saturated heterocycles. The van der Waals surface area contributed by atoms with E-state index in [4.69, 9.17) is 0 Å². The number of halogens is 2. The zero-order valence-electron chi connectivity index (χ0n) is 6.32. The highest BCUT2D eigenvalue weighted by Crippen LogP contribution is 2.21. The average molecular weight is 364 g/mol. The molecule has 0 radical (unpaired) electrons. The number of allylic oxidation sites excluding steroid dienone is 1. The number of hydrogen-bond donors (Lipinski definition) is 0. The van der Waals surface area contributed by atoms with Gasteiger partial charge < -0.3 is 0 Å². The van der Waals surface area contributed by atoms with Crippen molar-refractivity contribution in [3.05, 3.63) is 12.7 Å². The molecule has 0 saturated carbocycles. The van der Waals surface area contributed by atoms with Crippen molar-refractivity contribution in [3.8, 4) is 0 Å². The number of alkyl halides is 2. The van der Waals surface area contributed by atoms with E-state index in [9.17, 15) is 0 Å². The van der Waals surface area contributed by atoms with E-state index in [2.05, 4.69) is 58.7 Å². The van der Waals surface area contributed by atoms with Gasteiger partial charge in [0.1, 0.15) is 0 Å². The zero-order chi connectivity index (χ0) is 7.98. The van der Waals surface area contributed by atoms with E-state index in [0.29, 0.717) is 3.92 Å². The van der Waals surface area contributed by atoms with E-state index in [1.807, 2.05) is 6.08 Å². The summed E-state index contributed by atoms with van der Waals surface area (Å²) in [6.07, 6.45) is 6.02. The van der Waals surface area contributed by atoms with E-state index in [0.717, 1.165) is 3.92 Å². The van der Waals surface area contributed by atoms with E-state index in [-0.39, 0.29) is 0 Å². The van der Waals surface area contributed by atoms with Crippen molar-refractivity contribution in [1.82, 2.24) is 0 Å². The topological polar surface area (TPSA) is 0 Å². The molecule has 0 heterocycles. The maximum atomic E-state index is 3.78. The molecule has 0 spiro atoms. The molecule has 0 aliphatic rings. The molecule has 60 valence electrons. The maximum absolute atomic E-state index is 3.78. The molecule has 0 aliphatic carbocycles. The summed E-state index contributed by atoms with van der Waals surface area (Å²) in [6.45, 7) is 6.01. The van der Waals surface area contributed by atoms with Crippen molar-refractivity contribution >= 4 is 45.2 Å². The predicted octanol–water partition coefficient (Wildman–Crippen LogP) is 3.97. The Balaban J connectivity index is 3.40. The second kappa shape index (κ2) is 6.88. The third-order valence-corrected chi connectivity index (χ3v) is 5.55. The second-order valence-electron chi connectivity index (χ2n) is 2.34. The fourth-order valence-electron chi connectivity index (χ4n) is 0.706. The third-order valence-electron chi connectivity index (χ3n) is 1.40. The lowest BCUT2D eigenvalue weighted by molar-refractivity contribution is 0.714. The lowest BCUT2D eigenvalue weighted by Crippen LogP contribution is -2.09. The van der Waals surface area contributed by atoms with E-state index < -0.39 is 0 Å². The Hall–Kier alpha value is 1.20. The van der Waals surface area contributed by atoms with Gasteiger partial charge in [-0.05, 0) is 6.42 Å². The highest BCUT2D eigenvalue weighted by Gasteiger charge is 2.10. The first-order valence-electron chi connectivity index (χ1n) is 3.63. The van der Waals surface area contributed by atoms with Gasteiger partial charge in [0.2, 0.25) is 0 Å². The molecule has 2 heteroatoms. The largest absolute Gasteiger partial charge is 0.102 e. The van der Waals surface area contributed by atoms with E-state index >= 15 is 0 Å². The first-order valence-corrected chi connectivity index (χ1v) is 6.12. The van der Waals surface area contributed by atoms with Gasteiger partial charge in [0.05, 0.1) is 0 Å². The quantitative estimate of drug-likeness (QED) is 0.394. The summed E-state index contributed by atoms with van der Waals surface area (Å²) in [7, 11) is 0. The standard InChI is InChI=1S/C8H14I2/c1-3-5-6-8(10)7(9)4-2/h4,7-8H,2-3,5-6H2,1H3. The lowest BCUT2D eigenvalue weighted by atomic mass is 10.1. The molecule has 0 aromatic heterocycles. The minimum absolute atomic E-state index is 0.643. The molecular formula is C8H14I2. The van der Waals surface area contributed by atoms with Gasteiger partial charge >= 0.3 is 0 Å². The fourth-order valence-corrected chi connectivity index (χ4v) is 1.80. The third kappa shape index (κ3) is 4.93. The SMILES string of the molecule is C=CC(I)C(I)CCCC. The van der Waals surface area contributed by atoms with Gasteiger partial charge in [-0.15, -0.1) is 6.58 Å². The summed E-state index contributed by atoms with van der Waals surface area (Å²) in [5.74, 6) is 0. The van der Waals surface area contributed by atoms with E-state index in [1.54, 1.807) is 0 Å². The molecule has 0 aromatic rings. The van der Waals surface area contributed by atoms with Gasteiger partial charge in [0.25, 0.3) is 0 Å². The lowest BCUT2D eigenvalue weighted by Gasteiger charge is -2.11. The van der Waals surface area contributed by atoms with Crippen LogP contribution in [0.1, 0.15) is 26.2 Å². The Morgan fingerprint density at radius 1 is 1.50 bits per heavy atom. The van der Waals surface area contributed by atoms with Crippen LogP contribution in [0.2, 0.25) is 0 Å². The first kappa shape index (κ1) is 11.2. The van der Waals surface area contributed by atoms with E-state index in [1.165, 1.54) is 19.3 Å². The predicted molar refractivity (Wildman–Crippen MR) is 65.3 cm³/mol. The van der Waals surface area contributed by atoms with Gasteiger partial charge in [0.15, 0.2) is 0 Å². The van der Waals surface area contributed by atoms with Crippen LogP contribution >= 0.6 is 45.2 Å². The summed E-state index contributed by atoms with van der Waals surface area (Å²) in [6, 6.07) is 0. The summed E-state index contributed by atoms with van der Waals surface area (Å²) in [4.78, 5) is 0. The molecule has 2 unspecified atom stereocenters. The van der Waals surface area contributed by atoms with Crippen LogP contribution in [0.5, 0.6) is 0 Å². The molecule has 10 heavy (non-hydrogen) atoms. The van der Waals surface area contributed by atoms with Gasteiger partial charge in [-0.3, -0.25) is 0 Å². The summed E-state index contributed by atoms with van der Waals surface area (Å²) < 4.78 is 1.42. The second-order valence-corrected chi connectivity index (χ2v) is 5.38. The van der Waals surface area contributed by atoms with Crippen LogP contribution in [0.25, 0.3) is 0 Å². The van der Waals surface area contributed by atoms with Crippen molar-refractivity contribution < 1.29 is 0 Å². The summed E-state index contributed by atoms with van der Waals surface area (Å²) in [5.41, 5.74) is 0. The maximum Gasteiger partial charge on any atom is 0.0404 e. The van der Waals surface area contributed by atoms with Gasteiger partial charge in [-0.2, -0.15) is 0 Å². The van der Waals surface area contributed by atoms with Crippen molar-refractivity contribution in [2.75, 3.05) is 0 Å². The van der Waals surface area contributed by atoms with Crippen LogP contribution in [0, 0.1) is 0 Å². The molecule has 0 rings (SSSR count). The Bertz CT molecular complexity index is 91.3. The summed E-state index contributed by atoms with van der Waals surface area (Å²) in [5, 5.41) is 0. The Morgan fingerprint density at radius 2 is 2.10 bits per heavy atom. The van der Waals surface area contributed by atoms with Crippen LogP contribution in [0.3, 0.4) is 0 Å². The van der Waals surface area contributed by atoms with Crippen LogP contribution in [0.15, 0.2) is 12.7 Å². The number of unbranched alkanes of at least 4 members (excludes halogenated alkanes) is 1. The molecule has 0 aromatic carbocycles. The number of rotatable bonds is 5. The monoisotopic (exact) mass is 364 g/mol. The molecule has 0 N–H and O–H groups in total. The zero-order valence-corrected chi connectivity index (χ0v) is 10.6. The van der Waals surface area contributed by atoms with Crippen molar-refractivity contribution in [1.29, 1.82) is 0 Å². The molecule has 2 atom stereocenters. The molecule has 0 nitrogen and oxygen atoms in total. The van der Waals surface area contributed by atoms with Crippen molar-refractivity contribution in [3.63, 3.8) is 0 Å². The van der Waals surface area contributed by atoms with Gasteiger partial charge in [-0.25, -0.2) is 0 Å². The molecule has 0 fully saturated rings.